The van der Waals surface area contributed by atoms with Gasteiger partial charge in [-0.2, -0.15) is 11.3 Å². The van der Waals surface area contributed by atoms with Gasteiger partial charge >= 0.3 is 0 Å². The van der Waals surface area contributed by atoms with E-state index in [1.165, 1.54) is 0 Å². The zero-order chi connectivity index (χ0) is 10.7. The van der Waals surface area contributed by atoms with Crippen molar-refractivity contribution in [3.05, 3.63) is 50.9 Å². The van der Waals surface area contributed by atoms with Crippen LogP contribution in [0.4, 0.5) is 0 Å². The number of aromatic nitrogens is 1. The van der Waals surface area contributed by atoms with Crippen LogP contribution in [0, 0.1) is 0 Å². The number of halogens is 1. The first-order valence-electron chi connectivity index (χ1n) is 4.40. The van der Waals surface area contributed by atoms with E-state index in [1.807, 2.05) is 23.7 Å². The van der Waals surface area contributed by atoms with Crippen molar-refractivity contribution in [3.8, 4) is 0 Å². The molecule has 0 aliphatic carbocycles. The van der Waals surface area contributed by atoms with E-state index in [0.717, 1.165) is 15.6 Å². The molecule has 0 saturated carbocycles. The molecule has 0 radical (unpaired) electrons. The van der Waals surface area contributed by atoms with Crippen molar-refractivity contribution in [3.63, 3.8) is 0 Å². The molecule has 0 bridgehead atoms. The number of thiophene rings is 1. The third kappa shape index (κ3) is 2.26. The summed E-state index contributed by atoms with van der Waals surface area (Å²) < 4.78 is 1.07. The van der Waals surface area contributed by atoms with E-state index in [9.17, 15) is 0 Å². The number of pyridine rings is 1. The summed E-state index contributed by atoms with van der Waals surface area (Å²) in [6.45, 7) is 0. The average molecular weight is 284 g/mol. The van der Waals surface area contributed by atoms with Gasteiger partial charge in [0.2, 0.25) is 0 Å². The zero-order valence-corrected chi connectivity index (χ0v) is 10.3. The molecule has 2 rings (SSSR count). The first kappa shape index (κ1) is 10.8. The third-order valence-electron chi connectivity index (χ3n) is 2.14. The summed E-state index contributed by atoms with van der Waals surface area (Å²) in [7, 11) is 0. The molecule has 3 N–H and O–H groups in total. The predicted octanol–water partition coefficient (Wildman–Crippen LogP) is 2.46. The Kier molecular flexibility index (Phi) is 3.48. The minimum atomic E-state index is -0.0145. The van der Waals surface area contributed by atoms with Gasteiger partial charge in [-0.25, -0.2) is 5.43 Å². The first-order chi connectivity index (χ1) is 7.33. The normalized spacial score (nSPS) is 12.7. The highest BCUT2D eigenvalue weighted by Gasteiger charge is 2.15. The van der Waals surface area contributed by atoms with Crippen LogP contribution in [0.25, 0.3) is 0 Å². The van der Waals surface area contributed by atoms with Gasteiger partial charge in [-0.05, 0) is 38.5 Å². The fourth-order valence-corrected chi connectivity index (χ4v) is 2.96. The maximum atomic E-state index is 5.57. The van der Waals surface area contributed by atoms with Crippen molar-refractivity contribution in [2.24, 2.45) is 5.84 Å². The predicted molar refractivity (Wildman–Crippen MR) is 65.4 cm³/mol. The van der Waals surface area contributed by atoms with Crippen molar-refractivity contribution >= 4 is 27.3 Å². The van der Waals surface area contributed by atoms with Gasteiger partial charge < -0.3 is 0 Å². The Labute approximate surface area is 100 Å². The Morgan fingerprint density at radius 1 is 1.47 bits per heavy atom. The molecule has 2 aromatic heterocycles. The van der Waals surface area contributed by atoms with Crippen LogP contribution in [0.2, 0.25) is 0 Å². The summed E-state index contributed by atoms with van der Waals surface area (Å²) in [6, 6.07) is 3.89. The fraction of sp³-hybridized carbons (Fsp3) is 0.100. The van der Waals surface area contributed by atoms with Crippen molar-refractivity contribution in [1.29, 1.82) is 0 Å². The largest absolute Gasteiger partial charge is 0.271 e. The summed E-state index contributed by atoms with van der Waals surface area (Å²) in [5.41, 5.74) is 4.99. The zero-order valence-electron chi connectivity index (χ0n) is 7.85. The summed E-state index contributed by atoms with van der Waals surface area (Å²) in [6.07, 6.45) is 3.56. The van der Waals surface area contributed by atoms with Crippen LogP contribution in [0.1, 0.15) is 17.2 Å². The summed E-state index contributed by atoms with van der Waals surface area (Å²) in [4.78, 5) is 4.09. The van der Waals surface area contributed by atoms with Gasteiger partial charge in [0.1, 0.15) is 0 Å². The second-order valence-electron chi connectivity index (χ2n) is 3.06. The lowest BCUT2D eigenvalue weighted by Crippen LogP contribution is -2.28. The summed E-state index contributed by atoms with van der Waals surface area (Å²) in [5, 5.41) is 4.11. The lowest BCUT2D eigenvalue weighted by Gasteiger charge is -2.15. The SMILES string of the molecule is NNC(c1cccnc1)c1cscc1Br. The van der Waals surface area contributed by atoms with Crippen LogP contribution in [0.5, 0.6) is 0 Å². The van der Waals surface area contributed by atoms with E-state index >= 15 is 0 Å². The molecular weight excluding hydrogens is 274 g/mol. The van der Waals surface area contributed by atoms with Crippen LogP contribution >= 0.6 is 27.3 Å². The van der Waals surface area contributed by atoms with Crippen LogP contribution in [0.15, 0.2) is 39.8 Å². The van der Waals surface area contributed by atoms with E-state index in [2.05, 4.69) is 31.7 Å². The minimum Gasteiger partial charge on any atom is -0.271 e. The average Bonchev–Trinajstić information content (AvgIpc) is 2.68. The standard InChI is InChI=1S/C10H10BrN3S/c11-9-6-15-5-8(9)10(14-12)7-2-1-3-13-4-7/h1-6,10,14H,12H2. The Bertz CT molecular complexity index is 429. The molecule has 78 valence electrons. The molecule has 5 heteroatoms. The van der Waals surface area contributed by atoms with Gasteiger partial charge in [-0.1, -0.05) is 6.07 Å². The number of nitrogens with two attached hydrogens (primary N) is 1. The van der Waals surface area contributed by atoms with E-state index in [0.29, 0.717) is 0 Å². The van der Waals surface area contributed by atoms with Gasteiger partial charge in [-0.3, -0.25) is 10.8 Å². The maximum Gasteiger partial charge on any atom is 0.0744 e. The van der Waals surface area contributed by atoms with Crippen molar-refractivity contribution < 1.29 is 0 Å². The molecule has 1 unspecified atom stereocenters. The first-order valence-corrected chi connectivity index (χ1v) is 6.14. The molecule has 0 aliphatic rings. The highest BCUT2D eigenvalue weighted by molar-refractivity contribution is 9.10. The number of rotatable bonds is 3. The summed E-state index contributed by atoms with van der Waals surface area (Å²) >= 11 is 5.14. The Hall–Kier alpha value is -0.750. The Balaban J connectivity index is 2.37. The van der Waals surface area contributed by atoms with Gasteiger partial charge in [0.05, 0.1) is 6.04 Å². The van der Waals surface area contributed by atoms with Crippen LogP contribution in [-0.2, 0) is 0 Å². The van der Waals surface area contributed by atoms with Gasteiger partial charge in [-0.15, -0.1) is 0 Å². The number of nitrogens with one attached hydrogen (secondary N) is 1. The molecule has 2 heterocycles. The Morgan fingerprint density at radius 3 is 2.87 bits per heavy atom. The number of hydrogen-bond acceptors (Lipinski definition) is 4. The van der Waals surface area contributed by atoms with Crippen molar-refractivity contribution in [1.82, 2.24) is 10.4 Å². The lowest BCUT2D eigenvalue weighted by molar-refractivity contribution is 0.634. The topological polar surface area (TPSA) is 50.9 Å². The molecule has 15 heavy (non-hydrogen) atoms. The van der Waals surface area contributed by atoms with Crippen molar-refractivity contribution in [2.75, 3.05) is 0 Å². The number of hydrogen-bond donors (Lipinski definition) is 2. The molecule has 0 fully saturated rings. The van der Waals surface area contributed by atoms with E-state index in [4.69, 9.17) is 5.84 Å². The van der Waals surface area contributed by atoms with Gasteiger partial charge in [0, 0.05) is 22.2 Å². The lowest BCUT2D eigenvalue weighted by atomic mass is 10.0. The molecule has 3 nitrogen and oxygen atoms in total. The molecule has 0 aromatic carbocycles. The minimum absolute atomic E-state index is 0.0145. The highest BCUT2D eigenvalue weighted by atomic mass is 79.9. The van der Waals surface area contributed by atoms with Gasteiger partial charge in [0.25, 0.3) is 0 Å². The summed E-state index contributed by atoms with van der Waals surface area (Å²) in [5.74, 6) is 5.57. The molecule has 0 spiro atoms. The second-order valence-corrected chi connectivity index (χ2v) is 4.66. The molecule has 2 aromatic rings. The van der Waals surface area contributed by atoms with Crippen LogP contribution in [0.3, 0.4) is 0 Å². The monoisotopic (exact) mass is 283 g/mol. The number of nitrogens with zero attached hydrogens (tertiary/aromatic N) is 1. The van der Waals surface area contributed by atoms with E-state index in [1.54, 1.807) is 17.5 Å². The van der Waals surface area contributed by atoms with Crippen LogP contribution in [-0.4, -0.2) is 4.98 Å². The molecular formula is C10H10BrN3S. The molecule has 0 saturated heterocycles. The van der Waals surface area contributed by atoms with Crippen LogP contribution < -0.4 is 11.3 Å². The van der Waals surface area contributed by atoms with Gasteiger partial charge in [0.15, 0.2) is 0 Å². The quantitative estimate of drug-likeness (QED) is 0.672. The second kappa shape index (κ2) is 4.85. The van der Waals surface area contributed by atoms with Crippen molar-refractivity contribution in [2.45, 2.75) is 6.04 Å². The smallest absolute Gasteiger partial charge is 0.0744 e. The molecule has 0 amide bonds. The highest BCUT2D eigenvalue weighted by Crippen LogP contribution is 2.30. The number of hydrazine groups is 1. The maximum absolute atomic E-state index is 5.57. The van der Waals surface area contributed by atoms with E-state index < -0.39 is 0 Å². The molecule has 1 atom stereocenters. The molecule has 0 aliphatic heterocycles. The Morgan fingerprint density at radius 2 is 2.33 bits per heavy atom. The fourth-order valence-electron chi connectivity index (χ4n) is 1.41. The third-order valence-corrected chi connectivity index (χ3v) is 3.89. The van der Waals surface area contributed by atoms with E-state index in [-0.39, 0.29) is 6.04 Å².